The third-order valence-electron chi connectivity index (χ3n) is 0.816. The lowest BCUT2D eigenvalue weighted by Crippen LogP contribution is -2.12. The Labute approximate surface area is 74.2 Å². The van der Waals surface area contributed by atoms with Gasteiger partial charge in [0.25, 0.3) is 5.91 Å². The number of hydrogen-bond acceptors (Lipinski definition) is 4. The summed E-state index contributed by atoms with van der Waals surface area (Å²) < 4.78 is 8.70. The van der Waals surface area contributed by atoms with Crippen LogP contribution in [-0.4, -0.2) is 25.7 Å². The molecule has 0 radical (unpaired) electrons. The molecule has 13 heavy (non-hydrogen) atoms. The van der Waals surface area contributed by atoms with Gasteiger partial charge in [-0.05, 0) is 0 Å². The minimum Gasteiger partial charge on any atom is -0.364 e. The molecule has 0 fully saturated rings. The van der Waals surface area contributed by atoms with Crippen LogP contribution in [0.3, 0.4) is 0 Å². The van der Waals surface area contributed by atoms with E-state index in [0.717, 1.165) is 0 Å². The van der Waals surface area contributed by atoms with Gasteiger partial charge in [0.05, 0.1) is 6.20 Å². The van der Waals surface area contributed by atoms with E-state index in [1.54, 1.807) is 0 Å². The SMILES string of the molecule is NC(=O)c1cnccn1.O=[P+](O)O. The molecule has 1 heterocycles. The molecular weight excluding hydrogens is 197 g/mol. The number of nitrogens with two attached hydrogens (primary N) is 1. The van der Waals surface area contributed by atoms with Crippen molar-refractivity contribution in [2.24, 2.45) is 5.73 Å². The van der Waals surface area contributed by atoms with Crippen LogP contribution in [0.2, 0.25) is 0 Å². The summed E-state index contributed by atoms with van der Waals surface area (Å²) in [5.41, 5.74) is 5.06. The van der Waals surface area contributed by atoms with E-state index in [1.807, 2.05) is 0 Å². The zero-order valence-corrected chi connectivity index (χ0v) is 7.26. The fourth-order valence-electron chi connectivity index (χ4n) is 0.426. The van der Waals surface area contributed by atoms with E-state index in [2.05, 4.69) is 9.97 Å². The second-order valence-corrected chi connectivity index (χ2v) is 2.21. The Balaban J connectivity index is 0.000000310. The van der Waals surface area contributed by atoms with Crippen molar-refractivity contribution in [3.05, 3.63) is 24.3 Å². The van der Waals surface area contributed by atoms with Crippen LogP contribution in [0.25, 0.3) is 0 Å². The molecule has 0 spiro atoms. The van der Waals surface area contributed by atoms with Gasteiger partial charge in [-0.25, -0.2) is 4.98 Å². The largest absolute Gasteiger partial charge is 0.692 e. The molecule has 1 rings (SSSR count). The van der Waals surface area contributed by atoms with E-state index in [1.165, 1.54) is 18.6 Å². The molecule has 0 saturated heterocycles. The molecule has 7 nitrogen and oxygen atoms in total. The number of rotatable bonds is 1. The molecule has 1 aromatic heterocycles. The van der Waals surface area contributed by atoms with Gasteiger partial charge < -0.3 is 5.73 Å². The van der Waals surface area contributed by atoms with Crippen molar-refractivity contribution in [2.45, 2.75) is 0 Å². The Morgan fingerprint density at radius 2 is 2.00 bits per heavy atom. The number of primary amides is 1. The topological polar surface area (TPSA) is 126 Å². The normalized spacial score (nSPS) is 8.15. The van der Waals surface area contributed by atoms with Crippen molar-refractivity contribution < 1.29 is 19.1 Å². The quantitative estimate of drug-likeness (QED) is 0.514. The minimum atomic E-state index is -2.87. The van der Waals surface area contributed by atoms with Crippen molar-refractivity contribution in [3.8, 4) is 0 Å². The summed E-state index contributed by atoms with van der Waals surface area (Å²) in [5.74, 6) is -0.553. The molecule has 0 unspecified atom stereocenters. The van der Waals surface area contributed by atoms with Crippen LogP contribution in [0.5, 0.6) is 0 Å². The third kappa shape index (κ3) is 6.95. The van der Waals surface area contributed by atoms with Gasteiger partial charge in [0.2, 0.25) is 0 Å². The minimum absolute atomic E-state index is 0.192. The summed E-state index contributed by atoms with van der Waals surface area (Å²) >= 11 is 0. The van der Waals surface area contributed by atoms with Gasteiger partial charge in [-0.1, -0.05) is 0 Å². The molecule has 0 saturated carbocycles. The predicted molar refractivity (Wildman–Crippen MR) is 42.6 cm³/mol. The van der Waals surface area contributed by atoms with E-state index < -0.39 is 14.2 Å². The first-order chi connectivity index (χ1) is 6.04. The van der Waals surface area contributed by atoms with E-state index in [-0.39, 0.29) is 5.69 Å². The molecular formula is C5H7N3O4P+. The van der Waals surface area contributed by atoms with Gasteiger partial charge >= 0.3 is 8.25 Å². The zero-order valence-electron chi connectivity index (χ0n) is 6.36. The van der Waals surface area contributed by atoms with Crippen LogP contribution < -0.4 is 5.73 Å². The maximum atomic E-state index is 10.3. The fourth-order valence-corrected chi connectivity index (χ4v) is 0.426. The van der Waals surface area contributed by atoms with Crippen LogP contribution in [0.15, 0.2) is 18.6 Å². The maximum Gasteiger partial charge on any atom is 0.692 e. The first-order valence-corrected chi connectivity index (χ1v) is 4.11. The smallest absolute Gasteiger partial charge is 0.364 e. The highest BCUT2D eigenvalue weighted by Gasteiger charge is 1.97. The Bertz CT molecular complexity index is 287. The summed E-state index contributed by atoms with van der Waals surface area (Å²) in [6.07, 6.45) is 4.22. The number of aromatic nitrogens is 2. The molecule has 4 N–H and O–H groups in total. The van der Waals surface area contributed by atoms with E-state index in [0.29, 0.717) is 0 Å². The highest BCUT2D eigenvalue weighted by atomic mass is 31.1. The number of carbonyl (C=O) groups excluding carboxylic acids is 1. The van der Waals surface area contributed by atoms with Gasteiger partial charge in [-0.3, -0.25) is 9.78 Å². The summed E-state index contributed by atoms with van der Waals surface area (Å²) in [5, 5.41) is 0. The van der Waals surface area contributed by atoms with Crippen molar-refractivity contribution >= 4 is 14.2 Å². The number of carbonyl (C=O) groups is 1. The highest BCUT2D eigenvalue weighted by molar-refractivity contribution is 7.30. The molecule has 70 valence electrons. The maximum absolute atomic E-state index is 10.3. The molecule has 0 bridgehead atoms. The van der Waals surface area contributed by atoms with Crippen LogP contribution in [0.1, 0.15) is 10.5 Å². The third-order valence-corrected chi connectivity index (χ3v) is 0.816. The van der Waals surface area contributed by atoms with Gasteiger partial charge in [0, 0.05) is 17.0 Å². The lowest BCUT2D eigenvalue weighted by atomic mass is 10.4. The second-order valence-electron chi connectivity index (χ2n) is 1.71. The summed E-state index contributed by atoms with van der Waals surface area (Å²) in [6, 6.07) is 0. The lowest BCUT2D eigenvalue weighted by molar-refractivity contribution is 0.0995. The van der Waals surface area contributed by atoms with Crippen molar-refractivity contribution in [1.82, 2.24) is 9.97 Å². The van der Waals surface area contributed by atoms with Crippen LogP contribution in [0, 0.1) is 0 Å². The Morgan fingerprint density at radius 1 is 1.46 bits per heavy atom. The molecule has 0 aliphatic heterocycles. The van der Waals surface area contributed by atoms with E-state index >= 15 is 0 Å². The standard InChI is InChI=1S/C5H5N3O.HO3P/c6-5(9)4-3-7-1-2-8-4;1-4(2)3/h1-3H,(H2,6,9);(H-,1,2,3)/p+1. The Hall–Kier alpha value is -1.43. The Kier molecular flexibility index (Phi) is 5.45. The van der Waals surface area contributed by atoms with Crippen LogP contribution in [0.4, 0.5) is 0 Å². The molecule has 1 aromatic rings. The zero-order chi connectivity index (χ0) is 10.3. The molecule has 8 heteroatoms. The van der Waals surface area contributed by atoms with E-state index in [9.17, 15) is 4.79 Å². The lowest BCUT2D eigenvalue weighted by Gasteiger charge is -1.87. The van der Waals surface area contributed by atoms with E-state index in [4.69, 9.17) is 20.1 Å². The first kappa shape index (κ1) is 11.6. The van der Waals surface area contributed by atoms with Crippen molar-refractivity contribution in [3.63, 3.8) is 0 Å². The number of nitrogens with zero attached hydrogens (tertiary/aromatic N) is 2. The second kappa shape index (κ2) is 6.13. The van der Waals surface area contributed by atoms with Gasteiger partial charge in [-0.15, -0.1) is 9.79 Å². The molecule has 0 aliphatic rings. The molecule has 0 atom stereocenters. The van der Waals surface area contributed by atoms with Crippen LogP contribution in [-0.2, 0) is 4.57 Å². The van der Waals surface area contributed by atoms with Gasteiger partial charge in [-0.2, -0.15) is 0 Å². The predicted octanol–water partition coefficient (Wildman–Crippen LogP) is -0.796. The summed E-state index contributed by atoms with van der Waals surface area (Å²) in [7, 11) is -2.87. The fraction of sp³-hybridized carbons (Fsp3) is 0. The highest BCUT2D eigenvalue weighted by Crippen LogP contribution is 1.98. The van der Waals surface area contributed by atoms with Crippen molar-refractivity contribution in [2.75, 3.05) is 0 Å². The van der Waals surface area contributed by atoms with Crippen molar-refractivity contribution in [1.29, 1.82) is 0 Å². The molecule has 0 aliphatic carbocycles. The first-order valence-electron chi connectivity index (χ1n) is 2.95. The Morgan fingerprint density at radius 3 is 2.23 bits per heavy atom. The number of hydrogen-bond donors (Lipinski definition) is 3. The van der Waals surface area contributed by atoms with Gasteiger partial charge in [0.1, 0.15) is 5.69 Å². The summed E-state index contributed by atoms with van der Waals surface area (Å²) in [4.78, 5) is 31.8. The summed E-state index contributed by atoms with van der Waals surface area (Å²) in [6.45, 7) is 0. The average molecular weight is 204 g/mol. The number of amides is 1. The molecule has 1 amide bonds. The monoisotopic (exact) mass is 204 g/mol. The average Bonchev–Trinajstić information content (AvgIpc) is 2.05. The van der Waals surface area contributed by atoms with Gasteiger partial charge in [0.15, 0.2) is 0 Å². The molecule has 0 aromatic carbocycles. The van der Waals surface area contributed by atoms with Crippen LogP contribution >= 0.6 is 8.25 Å².